The molecule has 1 amide bonds. The van der Waals surface area contributed by atoms with Crippen molar-refractivity contribution in [1.29, 1.82) is 5.26 Å². The van der Waals surface area contributed by atoms with Gasteiger partial charge in [-0.1, -0.05) is 60.8 Å². The predicted molar refractivity (Wildman–Crippen MR) is 148 cm³/mol. The Kier molecular flexibility index (Phi) is 9.75. The van der Waals surface area contributed by atoms with Gasteiger partial charge in [0.25, 0.3) is 5.91 Å². The first-order valence-electron chi connectivity index (χ1n) is 12.6. The van der Waals surface area contributed by atoms with Crippen LogP contribution in [0.5, 0.6) is 0 Å². The fourth-order valence-corrected chi connectivity index (χ4v) is 5.58. The molecule has 2 aromatic heterocycles. The molecule has 0 atom stereocenters. The molecule has 0 saturated heterocycles. The molecule has 1 aliphatic rings. The second kappa shape index (κ2) is 13.4. The summed E-state index contributed by atoms with van der Waals surface area (Å²) in [6.45, 7) is 0.762. The Morgan fingerprint density at radius 2 is 1.95 bits per heavy atom. The number of nitriles is 1. The van der Waals surface area contributed by atoms with Crippen molar-refractivity contribution in [3.63, 3.8) is 0 Å². The number of carbonyl (C=O) groups excluding carboxylic acids is 1. The number of nitrogens with zero attached hydrogens (tertiary/aromatic N) is 6. The lowest BCUT2D eigenvalue weighted by Crippen LogP contribution is -2.34. The second-order valence-electron chi connectivity index (χ2n) is 9.22. The van der Waals surface area contributed by atoms with Gasteiger partial charge in [-0.2, -0.15) is 5.26 Å². The zero-order valence-electron chi connectivity index (χ0n) is 21.0. The standard InChI is InChI=1S/C28H31ClN6OS/c1-34(24-11-3-2-4-12-24)26-17-25(29)32-28(33-26)37-20-21-8-5-10-23(16-21)27(36)35(15-7-13-30)19-22-9-6-14-31-18-22/h5-6,8-10,14,16-18,24H,2-4,7,11-12,15,19-20H2,1H3. The van der Waals surface area contributed by atoms with Crippen molar-refractivity contribution in [3.8, 4) is 6.07 Å². The number of aromatic nitrogens is 3. The summed E-state index contributed by atoms with van der Waals surface area (Å²) in [7, 11) is 2.09. The Hall–Kier alpha value is -3.15. The minimum atomic E-state index is -0.110. The van der Waals surface area contributed by atoms with E-state index in [4.69, 9.17) is 21.8 Å². The van der Waals surface area contributed by atoms with Gasteiger partial charge in [0, 0.05) is 56.0 Å². The molecule has 0 aliphatic heterocycles. The molecule has 0 radical (unpaired) electrons. The van der Waals surface area contributed by atoms with Crippen LogP contribution in [0, 0.1) is 11.3 Å². The van der Waals surface area contributed by atoms with Crippen LogP contribution in [0.15, 0.2) is 60.0 Å². The fourth-order valence-electron chi connectivity index (χ4n) is 4.56. The maximum absolute atomic E-state index is 13.3. The van der Waals surface area contributed by atoms with E-state index in [1.54, 1.807) is 17.3 Å². The molecule has 0 spiro atoms. The van der Waals surface area contributed by atoms with Gasteiger partial charge in [-0.3, -0.25) is 9.78 Å². The number of pyridine rings is 1. The maximum Gasteiger partial charge on any atom is 0.254 e. The Morgan fingerprint density at radius 3 is 2.70 bits per heavy atom. The van der Waals surface area contributed by atoms with E-state index in [0.29, 0.717) is 40.8 Å². The van der Waals surface area contributed by atoms with Gasteiger partial charge in [-0.05, 0) is 42.2 Å². The average molecular weight is 535 g/mol. The third-order valence-electron chi connectivity index (χ3n) is 6.56. The summed E-state index contributed by atoms with van der Waals surface area (Å²) in [6.07, 6.45) is 9.86. The molecular formula is C28H31ClN6OS. The summed E-state index contributed by atoms with van der Waals surface area (Å²) in [6, 6.07) is 15.8. The first kappa shape index (κ1) is 26.9. The number of carbonyl (C=O) groups is 1. The van der Waals surface area contributed by atoms with Crippen molar-refractivity contribution in [3.05, 3.63) is 76.7 Å². The molecule has 192 valence electrons. The Labute approximate surface area is 227 Å². The molecule has 4 rings (SSSR count). The van der Waals surface area contributed by atoms with Crippen LogP contribution in [0.25, 0.3) is 0 Å². The van der Waals surface area contributed by atoms with Crippen molar-refractivity contribution in [2.24, 2.45) is 0 Å². The van der Waals surface area contributed by atoms with Crippen molar-refractivity contribution in [2.45, 2.75) is 62.0 Å². The molecule has 0 bridgehead atoms. The van der Waals surface area contributed by atoms with E-state index in [1.807, 2.05) is 42.5 Å². The number of amides is 1. The highest BCUT2D eigenvalue weighted by atomic mass is 35.5. The highest BCUT2D eigenvalue weighted by molar-refractivity contribution is 7.98. The smallest absolute Gasteiger partial charge is 0.254 e. The topological polar surface area (TPSA) is 86.0 Å². The summed E-state index contributed by atoms with van der Waals surface area (Å²) in [5, 5.41) is 10.1. The molecule has 37 heavy (non-hydrogen) atoms. The van der Waals surface area contributed by atoms with Gasteiger partial charge in [0.1, 0.15) is 11.0 Å². The summed E-state index contributed by atoms with van der Waals surface area (Å²) in [5.41, 5.74) is 2.50. The van der Waals surface area contributed by atoms with Crippen molar-refractivity contribution >= 4 is 35.1 Å². The summed E-state index contributed by atoms with van der Waals surface area (Å²) in [4.78, 5) is 30.6. The van der Waals surface area contributed by atoms with Gasteiger partial charge in [0.15, 0.2) is 5.16 Å². The quantitative estimate of drug-likeness (QED) is 0.175. The summed E-state index contributed by atoms with van der Waals surface area (Å²) >= 11 is 7.86. The number of anilines is 1. The SMILES string of the molecule is CN(c1cc(Cl)nc(SCc2cccc(C(=O)N(CCC#N)Cc3cccnc3)c2)n1)C1CCCCC1. The average Bonchev–Trinajstić information content (AvgIpc) is 2.94. The van der Waals surface area contributed by atoms with Gasteiger partial charge in [-0.25, -0.2) is 9.97 Å². The number of hydrogen-bond acceptors (Lipinski definition) is 7. The largest absolute Gasteiger partial charge is 0.357 e. The number of halogens is 1. The van der Waals surface area contributed by atoms with Gasteiger partial charge < -0.3 is 9.80 Å². The highest BCUT2D eigenvalue weighted by Gasteiger charge is 2.21. The molecule has 2 heterocycles. The van der Waals surface area contributed by atoms with E-state index in [-0.39, 0.29) is 12.3 Å². The van der Waals surface area contributed by atoms with Gasteiger partial charge in [0.2, 0.25) is 0 Å². The van der Waals surface area contributed by atoms with Crippen LogP contribution in [-0.2, 0) is 12.3 Å². The Bertz CT molecular complexity index is 1230. The zero-order chi connectivity index (χ0) is 26.0. The molecule has 0 N–H and O–H groups in total. The highest BCUT2D eigenvalue weighted by Crippen LogP contribution is 2.29. The number of hydrogen-bond donors (Lipinski definition) is 0. The lowest BCUT2D eigenvalue weighted by Gasteiger charge is -2.32. The van der Waals surface area contributed by atoms with Crippen LogP contribution in [0.1, 0.15) is 60.0 Å². The number of benzene rings is 1. The number of rotatable bonds is 10. The Morgan fingerprint density at radius 1 is 1.14 bits per heavy atom. The van der Waals surface area contributed by atoms with Crippen LogP contribution in [0.4, 0.5) is 5.82 Å². The van der Waals surface area contributed by atoms with E-state index in [0.717, 1.165) is 16.9 Å². The fraction of sp³-hybridized carbons (Fsp3) is 0.393. The number of thioether (sulfide) groups is 1. The van der Waals surface area contributed by atoms with Crippen LogP contribution >= 0.6 is 23.4 Å². The maximum atomic E-state index is 13.3. The molecule has 1 saturated carbocycles. The third-order valence-corrected chi connectivity index (χ3v) is 7.68. The van der Waals surface area contributed by atoms with Crippen LogP contribution in [0.3, 0.4) is 0 Å². The molecule has 9 heteroatoms. The second-order valence-corrected chi connectivity index (χ2v) is 10.5. The van der Waals surface area contributed by atoms with E-state index < -0.39 is 0 Å². The molecule has 7 nitrogen and oxygen atoms in total. The zero-order valence-corrected chi connectivity index (χ0v) is 22.6. The van der Waals surface area contributed by atoms with E-state index in [2.05, 4.69) is 28.0 Å². The Balaban J connectivity index is 1.44. The molecule has 1 fully saturated rings. The van der Waals surface area contributed by atoms with Crippen molar-refractivity contribution < 1.29 is 4.79 Å². The lowest BCUT2D eigenvalue weighted by atomic mass is 9.94. The first-order valence-corrected chi connectivity index (χ1v) is 13.9. The van der Waals surface area contributed by atoms with Crippen molar-refractivity contribution in [1.82, 2.24) is 19.9 Å². The van der Waals surface area contributed by atoms with Gasteiger partial charge in [0.05, 0.1) is 12.5 Å². The summed E-state index contributed by atoms with van der Waals surface area (Å²) < 4.78 is 0. The third kappa shape index (κ3) is 7.67. The van der Waals surface area contributed by atoms with Gasteiger partial charge in [-0.15, -0.1) is 0 Å². The van der Waals surface area contributed by atoms with Crippen molar-refractivity contribution in [2.75, 3.05) is 18.5 Å². The van der Waals surface area contributed by atoms with Crippen LogP contribution < -0.4 is 4.90 Å². The molecule has 1 aromatic carbocycles. The monoisotopic (exact) mass is 534 g/mol. The van der Waals surface area contributed by atoms with Crippen LogP contribution in [0.2, 0.25) is 5.15 Å². The minimum Gasteiger partial charge on any atom is -0.357 e. The first-order chi connectivity index (χ1) is 18.0. The minimum absolute atomic E-state index is 0.110. The molecular weight excluding hydrogens is 504 g/mol. The van der Waals surface area contributed by atoms with E-state index >= 15 is 0 Å². The molecule has 1 aliphatic carbocycles. The van der Waals surface area contributed by atoms with Crippen LogP contribution in [-0.4, -0.2) is 45.4 Å². The van der Waals surface area contributed by atoms with E-state index in [9.17, 15) is 4.79 Å². The predicted octanol–water partition coefficient (Wildman–Crippen LogP) is 6.14. The van der Waals surface area contributed by atoms with E-state index in [1.165, 1.54) is 43.9 Å². The normalized spacial score (nSPS) is 13.6. The van der Waals surface area contributed by atoms with Gasteiger partial charge >= 0.3 is 0 Å². The molecule has 0 unspecified atom stereocenters. The lowest BCUT2D eigenvalue weighted by molar-refractivity contribution is 0.0746. The molecule has 3 aromatic rings. The summed E-state index contributed by atoms with van der Waals surface area (Å²) in [5.74, 6) is 1.35.